The van der Waals surface area contributed by atoms with Gasteiger partial charge in [-0.1, -0.05) is 38.8 Å². The molecule has 2 atom stereocenters. The minimum absolute atomic E-state index is 0.393. The SMILES string of the molecule is CCCC(C)CC(NC)c1nc2ccccc2s1. The zero-order valence-corrected chi connectivity index (χ0v) is 12.3. The van der Waals surface area contributed by atoms with E-state index in [1.54, 1.807) is 0 Å². The van der Waals surface area contributed by atoms with Crippen LogP contribution in [0.4, 0.5) is 0 Å². The van der Waals surface area contributed by atoms with E-state index in [0.717, 1.165) is 11.4 Å². The summed E-state index contributed by atoms with van der Waals surface area (Å²) in [6.07, 6.45) is 3.73. The lowest BCUT2D eigenvalue weighted by atomic mass is 9.97. The van der Waals surface area contributed by atoms with E-state index in [1.807, 2.05) is 18.4 Å². The fourth-order valence-corrected chi connectivity index (χ4v) is 3.48. The third kappa shape index (κ3) is 3.09. The number of benzene rings is 1. The Morgan fingerprint density at radius 1 is 1.33 bits per heavy atom. The van der Waals surface area contributed by atoms with Crippen molar-refractivity contribution in [2.75, 3.05) is 7.05 Å². The minimum atomic E-state index is 0.393. The normalized spacial score (nSPS) is 14.8. The first-order valence-corrected chi connectivity index (χ1v) is 7.59. The topological polar surface area (TPSA) is 24.9 Å². The summed E-state index contributed by atoms with van der Waals surface area (Å²) in [5, 5.41) is 4.64. The van der Waals surface area contributed by atoms with Gasteiger partial charge in [0.25, 0.3) is 0 Å². The van der Waals surface area contributed by atoms with Crippen molar-refractivity contribution in [3.05, 3.63) is 29.3 Å². The second-order valence-electron chi connectivity index (χ2n) is 4.99. The summed E-state index contributed by atoms with van der Waals surface area (Å²) in [7, 11) is 2.04. The Hall–Kier alpha value is -0.930. The monoisotopic (exact) mass is 262 g/mol. The van der Waals surface area contributed by atoms with Crippen LogP contribution in [0.5, 0.6) is 0 Å². The molecule has 18 heavy (non-hydrogen) atoms. The third-order valence-corrected chi connectivity index (χ3v) is 4.53. The molecule has 0 amide bonds. The van der Waals surface area contributed by atoms with Gasteiger partial charge in [-0.05, 0) is 31.5 Å². The molecule has 98 valence electrons. The molecule has 3 heteroatoms. The van der Waals surface area contributed by atoms with Crippen molar-refractivity contribution < 1.29 is 0 Å². The molecular weight excluding hydrogens is 240 g/mol. The molecule has 0 aliphatic rings. The van der Waals surface area contributed by atoms with Gasteiger partial charge >= 0.3 is 0 Å². The second kappa shape index (κ2) is 6.30. The predicted octanol–water partition coefficient (Wildman–Crippen LogP) is 4.38. The van der Waals surface area contributed by atoms with E-state index in [2.05, 4.69) is 43.4 Å². The molecule has 0 radical (unpaired) electrons. The Morgan fingerprint density at radius 2 is 2.11 bits per heavy atom. The maximum atomic E-state index is 4.75. The van der Waals surface area contributed by atoms with E-state index in [4.69, 9.17) is 4.98 Å². The van der Waals surface area contributed by atoms with E-state index in [0.29, 0.717) is 6.04 Å². The van der Waals surface area contributed by atoms with Gasteiger partial charge in [-0.25, -0.2) is 4.98 Å². The average molecular weight is 262 g/mol. The Morgan fingerprint density at radius 3 is 2.78 bits per heavy atom. The zero-order valence-electron chi connectivity index (χ0n) is 11.4. The highest BCUT2D eigenvalue weighted by atomic mass is 32.1. The first kappa shape index (κ1) is 13.5. The van der Waals surface area contributed by atoms with Crippen LogP contribution in [0.3, 0.4) is 0 Å². The summed E-state index contributed by atoms with van der Waals surface area (Å²) in [4.78, 5) is 4.75. The maximum Gasteiger partial charge on any atom is 0.111 e. The van der Waals surface area contributed by atoms with Crippen molar-refractivity contribution in [3.63, 3.8) is 0 Å². The van der Waals surface area contributed by atoms with E-state index < -0.39 is 0 Å². The van der Waals surface area contributed by atoms with Gasteiger partial charge < -0.3 is 5.32 Å². The lowest BCUT2D eigenvalue weighted by molar-refractivity contribution is 0.406. The van der Waals surface area contributed by atoms with Gasteiger partial charge in [0, 0.05) is 0 Å². The summed E-state index contributed by atoms with van der Waals surface area (Å²) in [5.74, 6) is 0.750. The van der Waals surface area contributed by atoms with Crippen molar-refractivity contribution in [3.8, 4) is 0 Å². The standard InChI is InChI=1S/C15H22N2S/c1-4-7-11(2)10-13(16-3)15-17-12-8-5-6-9-14(12)18-15/h5-6,8-9,11,13,16H,4,7,10H2,1-3H3. The molecule has 2 rings (SSSR count). The van der Waals surface area contributed by atoms with Gasteiger partial charge in [0.2, 0.25) is 0 Å². The lowest BCUT2D eigenvalue weighted by Crippen LogP contribution is -2.18. The van der Waals surface area contributed by atoms with Crippen LogP contribution >= 0.6 is 11.3 Å². The molecule has 1 N–H and O–H groups in total. The number of aromatic nitrogens is 1. The van der Waals surface area contributed by atoms with Crippen LogP contribution in [0.25, 0.3) is 10.2 Å². The van der Waals surface area contributed by atoms with Gasteiger partial charge in [0.1, 0.15) is 5.01 Å². The van der Waals surface area contributed by atoms with E-state index >= 15 is 0 Å². The van der Waals surface area contributed by atoms with Crippen molar-refractivity contribution in [2.45, 2.75) is 39.2 Å². The summed E-state index contributed by atoms with van der Waals surface area (Å²) in [6, 6.07) is 8.78. The number of nitrogens with one attached hydrogen (secondary N) is 1. The molecule has 0 saturated carbocycles. The van der Waals surface area contributed by atoms with Gasteiger partial charge in [-0.3, -0.25) is 0 Å². The largest absolute Gasteiger partial charge is 0.311 e. The Balaban J connectivity index is 2.16. The van der Waals surface area contributed by atoms with Gasteiger partial charge in [-0.2, -0.15) is 0 Å². The molecule has 2 aromatic rings. The smallest absolute Gasteiger partial charge is 0.111 e. The van der Waals surface area contributed by atoms with Crippen molar-refractivity contribution in [1.82, 2.24) is 10.3 Å². The van der Waals surface area contributed by atoms with E-state index in [1.165, 1.54) is 29.0 Å². The van der Waals surface area contributed by atoms with Crippen LogP contribution in [-0.2, 0) is 0 Å². The number of hydrogen-bond donors (Lipinski definition) is 1. The predicted molar refractivity (Wildman–Crippen MR) is 80.1 cm³/mol. The van der Waals surface area contributed by atoms with Crippen LogP contribution in [0, 0.1) is 5.92 Å². The summed E-state index contributed by atoms with van der Waals surface area (Å²) in [6.45, 7) is 4.59. The summed E-state index contributed by atoms with van der Waals surface area (Å²) in [5.41, 5.74) is 1.13. The maximum absolute atomic E-state index is 4.75. The summed E-state index contributed by atoms with van der Waals surface area (Å²) >= 11 is 1.82. The van der Waals surface area contributed by atoms with E-state index in [9.17, 15) is 0 Å². The molecule has 0 bridgehead atoms. The first-order chi connectivity index (χ1) is 8.74. The fourth-order valence-electron chi connectivity index (χ4n) is 2.39. The number of rotatable bonds is 6. The highest BCUT2D eigenvalue weighted by Gasteiger charge is 2.17. The number of para-hydroxylation sites is 1. The average Bonchev–Trinajstić information content (AvgIpc) is 2.79. The number of fused-ring (bicyclic) bond motifs is 1. The van der Waals surface area contributed by atoms with E-state index in [-0.39, 0.29) is 0 Å². The minimum Gasteiger partial charge on any atom is -0.311 e. The van der Waals surface area contributed by atoms with Gasteiger partial charge in [0.05, 0.1) is 16.3 Å². The van der Waals surface area contributed by atoms with Gasteiger partial charge in [-0.15, -0.1) is 11.3 Å². The van der Waals surface area contributed by atoms with Gasteiger partial charge in [0.15, 0.2) is 0 Å². The summed E-state index contributed by atoms with van der Waals surface area (Å²) < 4.78 is 1.29. The molecule has 1 aromatic carbocycles. The molecule has 0 fully saturated rings. The van der Waals surface area contributed by atoms with Crippen LogP contribution < -0.4 is 5.32 Å². The molecule has 0 aliphatic heterocycles. The van der Waals surface area contributed by atoms with Crippen molar-refractivity contribution in [1.29, 1.82) is 0 Å². The van der Waals surface area contributed by atoms with Crippen molar-refractivity contribution in [2.24, 2.45) is 5.92 Å². The Bertz CT molecular complexity index is 459. The zero-order chi connectivity index (χ0) is 13.0. The van der Waals surface area contributed by atoms with Crippen LogP contribution in [0.1, 0.15) is 44.2 Å². The van der Waals surface area contributed by atoms with Crippen LogP contribution in [0.15, 0.2) is 24.3 Å². The lowest BCUT2D eigenvalue weighted by Gasteiger charge is -2.18. The Labute approximate surface area is 113 Å². The Kier molecular flexibility index (Phi) is 4.72. The number of nitrogens with zero attached hydrogens (tertiary/aromatic N) is 1. The molecule has 0 spiro atoms. The highest BCUT2D eigenvalue weighted by molar-refractivity contribution is 7.18. The molecule has 1 aromatic heterocycles. The molecule has 2 unspecified atom stereocenters. The quantitative estimate of drug-likeness (QED) is 0.835. The molecular formula is C15H22N2S. The molecule has 1 heterocycles. The molecule has 0 aliphatic carbocycles. The molecule has 2 nitrogen and oxygen atoms in total. The van der Waals surface area contributed by atoms with Crippen LogP contribution in [-0.4, -0.2) is 12.0 Å². The molecule has 0 saturated heterocycles. The highest BCUT2D eigenvalue weighted by Crippen LogP contribution is 2.30. The van der Waals surface area contributed by atoms with Crippen molar-refractivity contribution >= 4 is 21.6 Å². The second-order valence-corrected chi connectivity index (χ2v) is 6.05. The third-order valence-electron chi connectivity index (χ3n) is 3.38. The number of hydrogen-bond acceptors (Lipinski definition) is 3. The fraction of sp³-hybridized carbons (Fsp3) is 0.533. The number of thiazole rings is 1. The first-order valence-electron chi connectivity index (χ1n) is 6.77. The van der Waals surface area contributed by atoms with Crippen LogP contribution in [0.2, 0.25) is 0 Å².